The van der Waals surface area contributed by atoms with Crippen LogP contribution < -0.4 is 4.74 Å². The Kier molecular flexibility index (Phi) is 6.43. The van der Waals surface area contributed by atoms with Gasteiger partial charge in [-0.1, -0.05) is 146 Å². The maximum Gasteiger partial charge on any atom is 0.132 e. The molecule has 0 amide bonds. The minimum absolute atomic E-state index is 0.530. The number of nitrogens with zero attached hydrogens (tertiary/aromatic N) is 1. The van der Waals surface area contributed by atoms with Gasteiger partial charge in [0.15, 0.2) is 0 Å². The molecule has 1 aliphatic heterocycles. The molecule has 1 aliphatic carbocycles. The van der Waals surface area contributed by atoms with Crippen LogP contribution in [0, 0.1) is 0 Å². The Hall–Kier alpha value is -6.51. The van der Waals surface area contributed by atoms with Crippen molar-refractivity contribution in [2.75, 3.05) is 0 Å². The van der Waals surface area contributed by atoms with E-state index < -0.39 is 5.41 Å². The number of aromatic nitrogens is 1. The molecule has 0 saturated heterocycles. The fraction of sp³-hybridized carbons (Fsp3) is 0.0208. The molecule has 0 bridgehead atoms. The lowest BCUT2D eigenvalue weighted by Crippen LogP contribution is -2.32. The Labute approximate surface area is 292 Å². The van der Waals surface area contributed by atoms with Crippen LogP contribution in [0.25, 0.3) is 55.9 Å². The van der Waals surface area contributed by atoms with Crippen molar-refractivity contribution in [3.8, 4) is 67.4 Å². The first-order chi connectivity index (χ1) is 24.8. The van der Waals surface area contributed by atoms with Gasteiger partial charge in [-0.25, -0.2) is 4.98 Å². The van der Waals surface area contributed by atoms with Crippen molar-refractivity contribution >= 4 is 0 Å². The number of hydrogen-bond donors (Lipinski definition) is 0. The molecule has 1 aromatic heterocycles. The van der Waals surface area contributed by atoms with Crippen molar-refractivity contribution in [3.05, 3.63) is 210 Å². The van der Waals surface area contributed by atoms with Gasteiger partial charge in [-0.2, -0.15) is 0 Å². The van der Waals surface area contributed by atoms with E-state index in [9.17, 15) is 0 Å². The number of ether oxygens (including phenoxy) is 1. The van der Waals surface area contributed by atoms with Gasteiger partial charge in [-0.05, 0) is 87.0 Å². The van der Waals surface area contributed by atoms with Gasteiger partial charge in [0.05, 0.1) is 16.8 Å². The molecule has 0 saturated carbocycles. The van der Waals surface area contributed by atoms with Crippen LogP contribution >= 0.6 is 0 Å². The fourth-order valence-electron chi connectivity index (χ4n) is 8.13. The molecule has 1 spiro atoms. The van der Waals surface area contributed by atoms with Crippen molar-refractivity contribution in [1.29, 1.82) is 0 Å². The van der Waals surface area contributed by atoms with E-state index >= 15 is 0 Å². The zero-order valence-electron chi connectivity index (χ0n) is 27.3. The summed E-state index contributed by atoms with van der Waals surface area (Å²) in [4.78, 5) is 5.39. The smallest absolute Gasteiger partial charge is 0.132 e. The summed E-state index contributed by atoms with van der Waals surface area (Å²) in [6.07, 6.45) is 0. The molecule has 234 valence electrons. The molecule has 10 rings (SSSR count). The van der Waals surface area contributed by atoms with Crippen LogP contribution in [0.2, 0.25) is 0 Å². The van der Waals surface area contributed by atoms with Crippen molar-refractivity contribution in [3.63, 3.8) is 0 Å². The lowest BCUT2D eigenvalue weighted by molar-refractivity contribution is 0.436. The highest BCUT2D eigenvalue weighted by atomic mass is 16.5. The van der Waals surface area contributed by atoms with Gasteiger partial charge in [0.2, 0.25) is 0 Å². The predicted octanol–water partition coefficient (Wildman–Crippen LogP) is 12.2. The van der Waals surface area contributed by atoms with Crippen LogP contribution in [-0.4, -0.2) is 4.98 Å². The number of para-hydroxylation sites is 1. The fourth-order valence-corrected chi connectivity index (χ4v) is 8.13. The van der Waals surface area contributed by atoms with E-state index in [1.807, 2.05) is 0 Å². The van der Waals surface area contributed by atoms with E-state index in [-0.39, 0.29) is 0 Å². The van der Waals surface area contributed by atoms with Gasteiger partial charge >= 0.3 is 0 Å². The Balaban J connectivity index is 1.21. The third-order valence-corrected chi connectivity index (χ3v) is 10.3. The molecular weight excluding hydrogens is 607 g/mol. The molecule has 0 fully saturated rings. The topological polar surface area (TPSA) is 22.1 Å². The predicted molar refractivity (Wildman–Crippen MR) is 203 cm³/mol. The Bertz CT molecular complexity index is 2520. The summed E-state index contributed by atoms with van der Waals surface area (Å²) in [5.41, 5.74) is 15.5. The van der Waals surface area contributed by atoms with Gasteiger partial charge in [-0.3, -0.25) is 0 Å². The van der Waals surface area contributed by atoms with Gasteiger partial charge in [0.1, 0.15) is 11.5 Å². The van der Waals surface area contributed by atoms with E-state index in [0.717, 1.165) is 56.3 Å². The monoisotopic (exact) mass is 637 g/mol. The zero-order valence-corrected chi connectivity index (χ0v) is 27.3. The van der Waals surface area contributed by atoms with Crippen LogP contribution in [0.4, 0.5) is 0 Å². The molecule has 50 heavy (non-hydrogen) atoms. The third kappa shape index (κ3) is 4.32. The molecule has 2 nitrogen and oxygen atoms in total. The van der Waals surface area contributed by atoms with E-state index in [4.69, 9.17) is 9.72 Å². The molecule has 2 heteroatoms. The maximum atomic E-state index is 6.71. The quantitative estimate of drug-likeness (QED) is 0.192. The molecule has 2 aliphatic rings. The minimum Gasteiger partial charge on any atom is -0.457 e. The molecule has 2 heterocycles. The number of pyridine rings is 1. The second-order valence-electron chi connectivity index (χ2n) is 13.1. The first-order valence-electron chi connectivity index (χ1n) is 17.1. The average Bonchev–Trinajstić information content (AvgIpc) is 3.49. The number of rotatable bonds is 4. The number of benzene rings is 7. The first-order valence-corrected chi connectivity index (χ1v) is 17.1. The first kappa shape index (κ1) is 28.5. The summed E-state index contributed by atoms with van der Waals surface area (Å²) in [5, 5.41) is 0. The second kappa shape index (κ2) is 11.3. The van der Waals surface area contributed by atoms with Gasteiger partial charge in [0, 0.05) is 22.3 Å². The Morgan fingerprint density at radius 1 is 0.320 bits per heavy atom. The highest BCUT2D eigenvalue weighted by Gasteiger charge is 2.51. The average molecular weight is 638 g/mol. The summed E-state index contributed by atoms with van der Waals surface area (Å²) >= 11 is 0. The van der Waals surface area contributed by atoms with Gasteiger partial charge in [0.25, 0.3) is 0 Å². The minimum atomic E-state index is -0.530. The number of hydrogen-bond acceptors (Lipinski definition) is 2. The summed E-state index contributed by atoms with van der Waals surface area (Å²) in [5.74, 6) is 1.76. The normalized spacial score (nSPS) is 13.1. The van der Waals surface area contributed by atoms with Crippen LogP contribution in [0.1, 0.15) is 22.3 Å². The summed E-state index contributed by atoms with van der Waals surface area (Å²) in [6.45, 7) is 0. The van der Waals surface area contributed by atoms with Crippen molar-refractivity contribution in [2.24, 2.45) is 0 Å². The molecule has 0 unspecified atom stereocenters. The number of fused-ring (bicyclic) bond motifs is 9. The lowest BCUT2D eigenvalue weighted by atomic mass is 9.66. The van der Waals surface area contributed by atoms with Crippen LogP contribution in [0.3, 0.4) is 0 Å². The highest BCUT2D eigenvalue weighted by Crippen LogP contribution is 2.62. The summed E-state index contributed by atoms with van der Waals surface area (Å²) in [6, 6.07) is 67.1. The molecule has 7 aromatic carbocycles. The molecule has 0 radical (unpaired) electrons. The van der Waals surface area contributed by atoms with Crippen molar-refractivity contribution in [1.82, 2.24) is 4.98 Å². The van der Waals surface area contributed by atoms with Crippen molar-refractivity contribution < 1.29 is 4.74 Å². The SMILES string of the molecule is c1ccc(-c2cccc(-c3cc(-c4ccccc4)cc(-c4ccc5c(c4)C4(c6ccccc6O5)c5ccccc5-c5ccccc54)n3)c2)cc1. The third-order valence-electron chi connectivity index (χ3n) is 10.3. The lowest BCUT2D eigenvalue weighted by Gasteiger charge is -2.39. The second-order valence-corrected chi connectivity index (χ2v) is 13.1. The van der Waals surface area contributed by atoms with E-state index in [0.29, 0.717) is 0 Å². The summed E-state index contributed by atoms with van der Waals surface area (Å²) < 4.78 is 6.71. The molecular formula is C48H31NO. The molecule has 8 aromatic rings. The van der Waals surface area contributed by atoms with Crippen LogP contribution in [-0.2, 0) is 5.41 Å². The Morgan fingerprint density at radius 2 is 0.820 bits per heavy atom. The van der Waals surface area contributed by atoms with Crippen molar-refractivity contribution in [2.45, 2.75) is 5.41 Å². The van der Waals surface area contributed by atoms with E-state index in [2.05, 4.69) is 188 Å². The van der Waals surface area contributed by atoms with Gasteiger partial charge in [-0.15, -0.1) is 0 Å². The largest absolute Gasteiger partial charge is 0.457 e. The highest BCUT2D eigenvalue weighted by molar-refractivity contribution is 5.89. The molecule has 0 N–H and O–H groups in total. The Morgan fingerprint density at radius 3 is 1.50 bits per heavy atom. The van der Waals surface area contributed by atoms with E-state index in [1.54, 1.807) is 0 Å². The van der Waals surface area contributed by atoms with E-state index in [1.165, 1.54) is 33.4 Å². The standard InChI is InChI=1S/C48H31NO/c1-3-14-32(15-4-1)34-18-13-19-35(28-34)44-30-37(33-16-5-2-6-17-33)31-45(49-44)36-26-27-47-43(29-36)48(42-24-11-12-25-46(42)50-47)40-22-9-7-20-38(40)39-21-8-10-23-41(39)48/h1-31H. The zero-order chi connectivity index (χ0) is 33.1. The van der Waals surface area contributed by atoms with Crippen LogP contribution in [0.15, 0.2) is 188 Å². The maximum absolute atomic E-state index is 6.71. The molecule has 0 atom stereocenters. The summed E-state index contributed by atoms with van der Waals surface area (Å²) in [7, 11) is 0. The van der Waals surface area contributed by atoms with Crippen LogP contribution in [0.5, 0.6) is 11.5 Å². The van der Waals surface area contributed by atoms with Gasteiger partial charge < -0.3 is 4.74 Å².